The zero-order valence-corrected chi connectivity index (χ0v) is 10.8. The average molecular weight is 243 g/mol. The van der Waals surface area contributed by atoms with Gasteiger partial charge in [0.05, 0.1) is 5.52 Å². The van der Waals surface area contributed by atoms with Crippen LogP contribution in [0.25, 0.3) is 10.9 Å². The van der Waals surface area contributed by atoms with Crippen molar-refractivity contribution < 1.29 is 0 Å². The number of hydrogen-bond acceptors (Lipinski definition) is 3. The van der Waals surface area contributed by atoms with Crippen LogP contribution in [0.4, 0.5) is 5.82 Å². The Kier molecular flexibility index (Phi) is 2.90. The molecule has 1 heterocycles. The maximum absolute atomic E-state index is 5.44. The second kappa shape index (κ2) is 4.25. The minimum atomic E-state index is -0.155. The molecular formula is C13H17N5. The molecule has 4 N–H and O–H groups in total. The van der Waals surface area contributed by atoms with Gasteiger partial charge >= 0.3 is 0 Å². The SMILES string of the molecule is CC(C)(C)c1nc(N=C(N)N)c2ccccc2n1. The van der Waals surface area contributed by atoms with E-state index < -0.39 is 0 Å². The van der Waals surface area contributed by atoms with E-state index in [1.807, 2.05) is 24.3 Å². The Hall–Kier alpha value is -2.17. The van der Waals surface area contributed by atoms with Crippen LogP contribution in [0.3, 0.4) is 0 Å². The molecule has 0 aliphatic carbocycles. The van der Waals surface area contributed by atoms with Crippen LogP contribution >= 0.6 is 0 Å². The standard InChI is InChI=1S/C13H17N5/c1-13(2,3)11-16-9-7-5-4-6-8(9)10(17-11)18-12(14)15/h4-7H,1-3H3,(H4,14,15,16,17,18). The Balaban J connectivity index is 2.77. The maximum Gasteiger partial charge on any atom is 0.192 e. The number of para-hydroxylation sites is 1. The molecule has 2 aromatic rings. The van der Waals surface area contributed by atoms with Crippen LogP contribution in [0, 0.1) is 0 Å². The smallest absolute Gasteiger partial charge is 0.192 e. The highest BCUT2D eigenvalue weighted by Crippen LogP contribution is 2.27. The third-order valence-corrected chi connectivity index (χ3v) is 2.49. The monoisotopic (exact) mass is 243 g/mol. The first kappa shape index (κ1) is 12.3. The second-order valence-corrected chi connectivity index (χ2v) is 5.17. The molecule has 0 saturated carbocycles. The number of benzene rings is 1. The third kappa shape index (κ3) is 2.40. The Labute approximate surface area is 106 Å². The summed E-state index contributed by atoms with van der Waals surface area (Å²) >= 11 is 0. The Bertz CT molecular complexity index is 606. The van der Waals surface area contributed by atoms with Gasteiger partial charge in [-0.2, -0.15) is 4.99 Å². The lowest BCUT2D eigenvalue weighted by atomic mass is 9.95. The van der Waals surface area contributed by atoms with Crippen molar-refractivity contribution in [3.8, 4) is 0 Å². The molecule has 1 aromatic carbocycles. The predicted octanol–water partition coefficient (Wildman–Crippen LogP) is 1.83. The lowest BCUT2D eigenvalue weighted by molar-refractivity contribution is 0.549. The fourth-order valence-corrected chi connectivity index (χ4v) is 1.60. The molecule has 0 fully saturated rings. The van der Waals surface area contributed by atoms with E-state index in [4.69, 9.17) is 11.5 Å². The summed E-state index contributed by atoms with van der Waals surface area (Å²) in [6.45, 7) is 6.16. The molecule has 1 aromatic heterocycles. The van der Waals surface area contributed by atoms with Crippen LogP contribution in [0.5, 0.6) is 0 Å². The number of aromatic nitrogens is 2. The Morgan fingerprint density at radius 1 is 1.11 bits per heavy atom. The quantitative estimate of drug-likeness (QED) is 0.590. The zero-order chi connectivity index (χ0) is 13.3. The fourth-order valence-electron chi connectivity index (χ4n) is 1.60. The molecule has 0 amide bonds. The van der Waals surface area contributed by atoms with Crippen molar-refractivity contribution in [1.29, 1.82) is 0 Å². The molecule has 5 nitrogen and oxygen atoms in total. The molecule has 18 heavy (non-hydrogen) atoms. The topological polar surface area (TPSA) is 90.2 Å². The highest BCUT2D eigenvalue weighted by atomic mass is 15.1. The summed E-state index contributed by atoms with van der Waals surface area (Å²) in [5.41, 5.74) is 11.6. The van der Waals surface area contributed by atoms with Gasteiger partial charge in [0.25, 0.3) is 0 Å². The summed E-state index contributed by atoms with van der Waals surface area (Å²) in [6, 6.07) is 7.68. The maximum atomic E-state index is 5.44. The number of nitrogens with two attached hydrogens (primary N) is 2. The van der Waals surface area contributed by atoms with E-state index in [9.17, 15) is 0 Å². The molecule has 0 unspecified atom stereocenters. The van der Waals surface area contributed by atoms with Crippen molar-refractivity contribution in [3.05, 3.63) is 30.1 Å². The molecule has 0 aliphatic rings. The van der Waals surface area contributed by atoms with Crippen molar-refractivity contribution in [2.45, 2.75) is 26.2 Å². The van der Waals surface area contributed by atoms with Gasteiger partial charge in [0.1, 0.15) is 5.82 Å². The normalized spacial score (nSPS) is 11.5. The molecule has 0 bridgehead atoms. The van der Waals surface area contributed by atoms with Gasteiger partial charge < -0.3 is 11.5 Å². The van der Waals surface area contributed by atoms with Crippen molar-refractivity contribution in [2.75, 3.05) is 0 Å². The molecule has 0 radical (unpaired) electrons. The molecular weight excluding hydrogens is 226 g/mol. The summed E-state index contributed by atoms with van der Waals surface area (Å²) in [7, 11) is 0. The van der Waals surface area contributed by atoms with Crippen molar-refractivity contribution in [3.63, 3.8) is 0 Å². The number of hydrogen-bond donors (Lipinski definition) is 2. The third-order valence-electron chi connectivity index (χ3n) is 2.49. The molecule has 94 valence electrons. The van der Waals surface area contributed by atoms with Crippen molar-refractivity contribution in [2.24, 2.45) is 16.5 Å². The van der Waals surface area contributed by atoms with Crippen LogP contribution < -0.4 is 11.5 Å². The van der Waals surface area contributed by atoms with E-state index in [1.54, 1.807) is 0 Å². The summed E-state index contributed by atoms with van der Waals surface area (Å²) in [5, 5.41) is 0.846. The lowest BCUT2D eigenvalue weighted by Gasteiger charge is -2.17. The second-order valence-electron chi connectivity index (χ2n) is 5.17. The zero-order valence-electron chi connectivity index (χ0n) is 10.8. The number of guanidine groups is 1. The van der Waals surface area contributed by atoms with Gasteiger partial charge in [0.15, 0.2) is 11.8 Å². The summed E-state index contributed by atoms with van der Waals surface area (Å²) in [4.78, 5) is 13.1. The van der Waals surface area contributed by atoms with Gasteiger partial charge in [-0.15, -0.1) is 0 Å². The van der Waals surface area contributed by atoms with Crippen molar-refractivity contribution in [1.82, 2.24) is 9.97 Å². The van der Waals surface area contributed by atoms with Gasteiger partial charge in [-0.1, -0.05) is 32.9 Å². The number of aliphatic imine (C=N–C) groups is 1. The van der Waals surface area contributed by atoms with Crippen LogP contribution in [0.2, 0.25) is 0 Å². The van der Waals surface area contributed by atoms with E-state index in [1.165, 1.54) is 0 Å². The van der Waals surface area contributed by atoms with E-state index in [0.717, 1.165) is 16.7 Å². The van der Waals surface area contributed by atoms with E-state index >= 15 is 0 Å². The first-order chi connectivity index (χ1) is 8.38. The highest BCUT2D eigenvalue weighted by molar-refractivity contribution is 5.91. The highest BCUT2D eigenvalue weighted by Gasteiger charge is 2.19. The van der Waals surface area contributed by atoms with E-state index in [-0.39, 0.29) is 11.4 Å². The van der Waals surface area contributed by atoms with Gasteiger partial charge in [-0.05, 0) is 12.1 Å². The first-order valence-electron chi connectivity index (χ1n) is 5.75. The van der Waals surface area contributed by atoms with Crippen LogP contribution in [-0.4, -0.2) is 15.9 Å². The summed E-state index contributed by atoms with van der Waals surface area (Å²) in [6.07, 6.45) is 0. The van der Waals surface area contributed by atoms with Crippen LogP contribution in [-0.2, 0) is 5.41 Å². The molecule has 0 atom stereocenters. The molecule has 0 saturated heterocycles. The molecule has 0 spiro atoms. The minimum absolute atomic E-state index is 0.00119. The van der Waals surface area contributed by atoms with Gasteiger partial charge in [0.2, 0.25) is 0 Å². The summed E-state index contributed by atoms with van der Waals surface area (Å²) < 4.78 is 0. The van der Waals surface area contributed by atoms with Crippen LogP contribution in [0.1, 0.15) is 26.6 Å². The number of rotatable bonds is 1. The first-order valence-corrected chi connectivity index (χ1v) is 5.75. The average Bonchev–Trinajstić information content (AvgIpc) is 2.27. The van der Waals surface area contributed by atoms with Crippen molar-refractivity contribution >= 4 is 22.7 Å². The van der Waals surface area contributed by atoms with Crippen LogP contribution in [0.15, 0.2) is 29.3 Å². The lowest BCUT2D eigenvalue weighted by Crippen LogP contribution is -2.22. The minimum Gasteiger partial charge on any atom is -0.370 e. The number of nitrogens with zero attached hydrogens (tertiary/aromatic N) is 3. The van der Waals surface area contributed by atoms with Gasteiger partial charge in [-0.3, -0.25) is 0 Å². The number of fused-ring (bicyclic) bond motifs is 1. The Morgan fingerprint density at radius 3 is 2.39 bits per heavy atom. The molecule has 2 rings (SSSR count). The molecule has 5 heteroatoms. The van der Waals surface area contributed by atoms with Gasteiger partial charge in [-0.25, -0.2) is 9.97 Å². The Morgan fingerprint density at radius 2 is 1.78 bits per heavy atom. The predicted molar refractivity (Wildman–Crippen MR) is 73.7 cm³/mol. The largest absolute Gasteiger partial charge is 0.370 e. The van der Waals surface area contributed by atoms with Gasteiger partial charge in [0, 0.05) is 10.8 Å². The fraction of sp³-hybridized carbons (Fsp3) is 0.308. The summed E-state index contributed by atoms with van der Waals surface area (Å²) in [5.74, 6) is 1.24. The van der Waals surface area contributed by atoms with E-state index in [2.05, 4.69) is 35.7 Å². The molecule has 0 aliphatic heterocycles. The van der Waals surface area contributed by atoms with E-state index in [0.29, 0.717) is 5.82 Å².